The summed E-state index contributed by atoms with van der Waals surface area (Å²) in [5.74, 6) is 0.190. The third-order valence-corrected chi connectivity index (χ3v) is 4.13. The van der Waals surface area contributed by atoms with Gasteiger partial charge in [-0.05, 0) is 30.3 Å². The van der Waals surface area contributed by atoms with Crippen molar-refractivity contribution in [2.24, 2.45) is 0 Å². The zero-order chi connectivity index (χ0) is 22.6. The topological polar surface area (TPSA) is 92.9 Å². The lowest BCUT2D eigenvalue weighted by molar-refractivity contribution is -0.137. The average Bonchev–Trinajstić information content (AvgIpc) is 3.25. The maximum absolute atomic E-state index is 12.8. The number of rotatable bonds is 7. The Labute approximate surface area is 174 Å². The number of alkyl halides is 3. The first-order chi connectivity index (χ1) is 14.8. The standard InChI is InChI=1S/C20H17F3N2O6/c1-27-14-8-12(9-15(28-2)17(14)29-3)18-25-24-16(31-18)10-30-19(26)11-5-4-6-13(7-11)20(21,22)23/h4-9H,10H2,1-3H3. The molecule has 1 aromatic heterocycles. The van der Waals surface area contributed by atoms with Crippen molar-refractivity contribution in [3.8, 4) is 28.7 Å². The van der Waals surface area contributed by atoms with E-state index in [4.69, 9.17) is 23.4 Å². The van der Waals surface area contributed by atoms with Crippen molar-refractivity contribution in [2.45, 2.75) is 12.8 Å². The normalized spacial score (nSPS) is 11.2. The molecule has 0 N–H and O–H groups in total. The summed E-state index contributed by atoms with van der Waals surface area (Å²) < 4.78 is 64.6. The number of halogens is 3. The SMILES string of the molecule is COc1cc(-c2nnc(COC(=O)c3cccc(C(F)(F)F)c3)o2)cc(OC)c1OC. The summed E-state index contributed by atoms with van der Waals surface area (Å²) in [5.41, 5.74) is -0.749. The fourth-order valence-electron chi connectivity index (χ4n) is 2.67. The lowest BCUT2D eigenvalue weighted by atomic mass is 10.1. The van der Waals surface area contributed by atoms with Crippen LogP contribution in [0.2, 0.25) is 0 Å². The van der Waals surface area contributed by atoms with Crippen LogP contribution < -0.4 is 14.2 Å². The zero-order valence-corrected chi connectivity index (χ0v) is 16.6. The van der Waals surface area contributed by atoms with E-state index in [1.54, 1.807) is 12.1 Å². The Hall–Kier alpha value is -3.76. The number of hydrogen-bond donors (Lipinski definition) is 0. The van der Waals surface area contributed by atoms with Gasteiger partial charge in [-0.2, -0.15) is 13.2 Å². The molecule has 3 aromatic rings. The summed E-state index contributed by atoms with van der Waals surface area (Å²) in [6, 6.07) is 7.08. The molecule has 3 rings (SSSR count). The Morgan fingerprint density at radius 1 is 1.00 bits per heavy atom. The molecule has 0 atom stereocenters. The monoisotopic (exact) mass is 438 g/mol. The van der Waals surface area contributed by atoms with E-state index in [2.05, 4.69) is 10.2 Å². The number of carbonyl (C=O) groups excluding carboxylic acids is 1. The van der Waals surface area contributed by atoms with E-state index in [1.165, 1.54) is 27.4 Å². The molecular formula is C20H17F3N2O6. The number of methoxy groups -OCH3 is 3. The van der Waals surface area contributed by atoms with E-state index in [9.17, 15) is 18.0 Å². The van der Waals surface area contributed by atoms with Crippen LogP contribution in [-0.4, -0.2) is 37.5 Å². The number of aromatic nitrogens is 2. The Kier molecular flexibility index (Phi) is 6.33. The van der Waals surface area contributed by atoms with E-state index < -0.39 is 24.3 Å². The number of benzene rings is 2. The molecule has 0 amide bonds. The molecule has 0 aliphatic carbocycles. The Balaban J connectivity index is 1.74. The van der Waals surface area contributed by atoms with Gasteiger partial charge in [-0.1, -0.05) is 6.07 Å². The van der Waals surface area contributed by atoms with Gasteiger partial charge in [-0.15, -0.1) is 10.2 Å². The molecule has 0 aliphatic heterocycles. The molecule has 0 saturated heterocycles. The smallest absolute Gasteiger partial charge is 0.416 e. The van der Waals surface area contributed by atoms with Gasteiger partial charge in [0, 0.05) is 5.56 Å². The average molecular weight is 438 g/mol. The number of carbonyl (C=O) groups is 1. The van der Waals surface area contributed by atoms with Gasteiger partial charge in [0.25, 0.3) is 5.89 Å². The molecule has 0 unspecified atom stereocenters. The number of hydrogen-bond acceptors (Lipinski definition) is 8. The predicted octanol–water partition coefficient (Wildman–Crippen LogP) is 4.14. The van der Waals surface area contributed by atoms with Crippen LogP contribution in [0.4, 0.5) is 13.2 Å². The number of esters is 1. The first-order valence-electron chi connectivity index (χ1n) is 8.74. The van der Waals surface area contributed by atoms with Gasteiger partial charge in [0.1, 0.15) is 0 Å². The Bertz CT molecular complexity index is 1060. The number of ether oxygens (including phenoxy) is 4. The summed E-state index contributed by atoms with van der Waals surface area (Å²) >= 11 is 0. The van der Waals surface area contributed by atoms with Crippen molar-refractivity contribution in [3.05, 3.63) is 53.4 Å². The summed E-state index contributed by atoms with van der Waals surface area (Å²) in [5, 5.41) is 7.66. The Morgan fingerprint density at radius 2 is 1.68 bits per heavy atom. The highest BCUT2D eigenvalue weighted by Crippen LogP contribution is 2.40. The summed E-state index contributed by atoms with van der Waals surface area (Å²) in [6.45, 7) is -0.424. The predicted molar refractivity (Wildman–Crippen MR) is 100.0 cm³/mol. The fourth-order valence-corrected chi connectivity index (χ4v) is 2.67. The number of nitrogens with zero attached hydrogens (tertiary/aromatic N) is 2. The zero-order valence-electron chi connectivity index (χ0n) is 16.6. The van der Waals surface area contributed by atoms with E-state index in [0.717, 1.165) is 12.1 Å². The highest BCUT2D eigenvalue weighted by Gasteiger charge is 2.31. The minimum atomic E-state index is -4.57. The summed E-state index contributed by atoms with van der Waals surface area (Å²) in [6.07, 6.45) is -4.57. The summed E-state index contributed by atoms with van der Waals surface area (Å²) in [7, 11) is 4.37. The van der Waals surface area contributed by atoms with Crippen LogP contribution in [0.3, 0.4) is 0 Å². The van der Waals surface area contributed by atoms with Crippen molar-refractivity contribution in [1.29, 1.82) is 0 Å². The molecule has 8 nitrogen and oxygen atoms in total. The van der Waals surface area contributed by atoms with Gasteiger partial charge in [0.15, 0.2) is 18.1 Å². The van der Waals surface area contributed by atoms with Crippen molar-refractivity contribution in [2.75, 3.05) is 21.3 Å². The first-order valence-corrected chi connectivity index (χ1v) is 8.74. The Morgan fingerprint density at radius 3 is 2.26 bits per heavy atom. The first kappa shape index (κ1) is 21.9. The van der Waals surface area contributed by atoms with Crippen LogP contribution in [0.15, 0.2) is 40.8 Å². The van der Waals surface area contributed by atoms with Crippen molar-refractivity contribution >= 4 is 5.97 Å². The lowest BCUT2D eigenvalue weighted by Crippen LogP contribution is -2.09. The molecule has 1 heterocycles. The van der Waals surface area contributed by atoms with Crippen LogP contribution in [0.25, 0.3) is 11.5 Å². The minimum Gasteiger partial charge on any atom is -0.493 e. The van der Waals surface area contributed by atoms with Crippen LogP contribution in [0, 0.1) is 0 Å². The van der Waals surface area contributed by atoms with Crippen LogP contribution in [-0.2, 0) is 17.5 Å². The molecule has 0 spiro atoms. The second kappa shape index (κ2) is 8.94. The van der Waals surface area contributed by atoms with Crippen LogP contribution in [0.5, 0.6) is 17.2 Å². The van der Waals surface area contributed by atoms with Gasteiger partial charge < -0.3 is 23.4 Å². The molecule has 0 fully saturated rings. The van der Waals surface area contributed by atoms with Crippen LogP contribution >= 0.6 is 0 Å². The van der Waals surface area contributed by atoms with Gasteiger partial charge in [0.05, 0.1) is 32.5 Å². The third-order valence-electron chi connectivity index (χ3n) is 4.13. The lowest BCUT2D eigenvalue weighted by Gasteiger charge is -2.12. The van der Waals surface area contributed by atoms with Crippen molar-refractivity contribution < 1.29 is 41.3 Å². The van der Waals surface area contributed by atoms with Crippen molar-refractivity contribution in [1.82, 2.24) is 10.2 Å². The maximum Gasteiger partial charge on any atom is 0.416 e. The van der Waals surface area contributed by atoms with E-state index >= 15 is 0 Å². The molecule has 0 saturated carbocycles. The van der Waals surface area contributed by atoms with E-state index in [0.29, 0.717) is 28.9 Å². The molecule has 0 aliphatic rings. The molecule has 0 radical (unpaired) electrons. The minimum absolute atomic E-state index is 0.0518. The maximum atomic E-state index is 12.8. The van der Waals surface area contributed by atoms with Crippen LogP contribution in [0.1, 0.15) is 21.8 Å². The molecule has 31 heavy (non-hydrogen) atoms. The molecule has 11 heteroatoms. The van der Waals surface area contributed by atoms with E-state index in [-0.39, 0.29) is 17.3 Å². The van der Waals surface area contributed by atoms with Gasteiger partial charge in [-0.25, -0.2) is 4.79 Å². The molecule has 2 aromatic carbocycles. The molecule has 0 bridgehead atoms. The van der Waals surface area contributed by atoms with Gasteiger partial charge >= 0.3 is 12.1 Å². The third kappa shape index (κ3) is 4.87. The quantitative estimate of drug-likeness (QED) is 0.509. The fraction of sp³-hybridized carbons (Fsp3) is 0.250. The highest BCUT2D eigenvalue weighted by atomic mass is 19.4. The largest absolute Gasteiger partial charge is 0.493 e. The van der Waals surface area contributed by atoms with Crippen molar-refractivity contribution in [3.63, 3.8) is 0 Å². The van der Waals surface area contributed by atoms with Gasteiger partial charge in [0.2, 0.25) is 11.6 Å². The highest BCUT2D eigenvalue weighted by molar-refractivity contribution is 5.89. The van der Waals surface area contributed by atoms with E-state index in [1.807, 2.05) is 0 Å². The molecule has 164 valence electrons. The summed E-state index contributed by atoms with van der Waals surface area (Å²) in [4.78, 5) is 12.1. The molecular weight excluding hydrogens is 421 g/mol. The second-order valence-electron chi connectivity index (χ2n) is 6.07. The second-order valence-corrected chi connectivity index (χ2v) is 6.07. The van der Waals surface area contributed by atoms with Gasteiger partial charge in [-0.3, -0.25) is 0 Å².